The SMILES string of the molecule is CCOC(=O)c1ccc2c(c1)c1ccccc1c1nc3c4ccccc4c4ccccc4c3n21. The largest absolute Gasteiger partial charge is 0.462 e. The molecule has 0 aliphatic carbocycles. The number of fused-ring (bicyclic) bond motifs is 13. The van der Waals surface area contributed by atoms with Gasteiger partial charge in [0.25, 0.3) is 0 Å². The zero-order valence-corrected chi connectivity index (χ0v) is 18.6. The number of hydrogen-bond donors (Lipinski definition) is 0. The Morgan fingerprint density at radius 3 is 2.03 bits per heavy atom. The molecule has 5 aromatic carbocycles. The van der Waals surface area contributed by atoms with Crippen molar-refractivity contribution >= 4 is 65.9 Å². The molecule has 0 radical (unpaired) electrons. The molecule has 0 bridgehead atoms. The summed E-state index contributed by atoms with van der Waals surface area (Å²) in [5.41, 5.74) is 4.57. The fourth-order valence-corrected chi connectivity index (χ4v) is 5.32. The number of pyridine rings is 1. The van der Waals surface area contributed by atoms with E-state index in [2.05, 4.69) is 65.1 Å². The third kappa shape index (κ3) is 2.48. The number of benzene rings is 5. The molecule has 0 amide bonds. The monoisotopic (exact) mass is 440 g/mol. The molecule has 2 aromatic heterocycles. The van der Waals surface area contributed by atoms with E-state index in [1.54, 1.807) is 0 Å². The number of carbonyl (C=O) groups is 1. The fourth-order valence-electron chi connectivity index (χ4n) is 5.32. The van der Waals surface area contributed by atoms with E-state index in [1.165, 1.54) is 10.8 Å². The van der Waals surface area contributed by atoms with Crippen LogP contribution in [0.15, 0.2) is 91.0 Å². The highest BCUT2D eigenvalue weighted by atomic mass is 16.5. The van der Waals surface area contributed by atoms with E-state index in [9.17, 15) is 4.79 Å². The number of carbonyl (C=O) groups excluding carboxylic acids is 1. The summed E-state index contributed by atoms with van der Waals surface area (Å²) in [4.78, 5) is 17.8. The van der Waals surface area contributed by atoms with E-state index in [0.717, 1.165) is 49.1 Å². The predicted octanol–water partition coefficient (Wildman–Crippen LogP) is 7.28. The second-order valence-electron chi connectivity index (χ2n) is 8.56. The van der Waals surface area contributed by atoms with Crippen LogP contribution >= 0.6 is 0 Å². The molecule has 7 rings (SSSR count). The molecule has 0 saturated heterocycles. The van der Waals surface area contributed by atoms with E-state index in [1.807, 2.05) is 37.3 Å². The van der Waals surface area contributed by atoms with Crippen molar-refractivity contribution in [2.45, 2.75) is 6.92 Å². The second kappa shape index (κ2) is 7.03. The summed E-state index contributed by atoms with van der Waals surface area (Å²) >= 11 is 0. The highest BCUT2D eigenvalue weighted by molar-refractivity contribution is 6.26. The van der Waals surface area contributed by atoms with E-state index >= 15 is 0 Å². The molecule has 0 unspecified atom stereocenters. The summed E-state index contributed by atoms with van der Waals surface area (Å²) in [6.45, 7) is 2.17. The molecular formula is C30H20N2O2. The first-order valence-electron chi connectivity index (χ1n) is 11.5. The average molecular weight is 441 g/mol. The maximum absolute atomic E-state index is 12.5. The first-order valence-corrected chi connectivity index (χ1v) is 11.5. The van der Waals surface area contributed by atoms with Crippen molar-refractivity contribution in [1.82, 2.24) is 9.38 Å². The third-order valence-electron chi connectivity index (χ3n) is 6.74. The molecule has 0 N–H and O–H groups in total. The zero-order valence-electron chi connectivity index (χ0n) is 18.6. The highest BCUT2D eigenvalue weighted by Gasteiger charge is 2.19. The second-order valence-corrected chi connectivity index (χ2v) is 8.56. The Kier molecular flexibility index (Phi) is 3.94. The average Bonchev–Trinajstić information content (AvgIpc) is 3.30. The van der Waals surface area contributed by atoms with Gasteiger partial charge in [-0.25, -0.2) is 9.78 Å². The van der Waals surface area contributed by atoms with Gasteiger partial charge in [-0.2, -0.15) is 0 Å². The van der Waals surface area contributed by atoms with Crippen LogP contribution in [0.2, 0.25) is 0 Å². The lowest BCUT2D eigenvalue weighted by molar-refractivity contribution is 0.0526. The van der Waals surface area contributed by atoms with Crippen LogP contribution in [0.3, 0.4) is 0 Å². The van der Waals surface area contributed by atoms with E-state index in [4.69, 9.17) is 9.72 Å². The summed E-state index contributed by atoms with van der Waals surface area (Å²) < 4.78 is 7.54. The van der Waals surface area contributed by atoms with Crippen molar-refractivity contribution in [2.24, 2.45) is 0 Å². The Balaban J connectivity index is 1.77. The van der Waals surface area contributed by atoms with Crippen LogP contribution in [0.1, 0.15) is 17.3 Å². The van der Waals surface area contributed by atoms with Crippen molar-refractivity contribution in [3.63, 3.8) is 0 Å². The van der Waals surface area contributed by atoms with Gasteiger partial charge >= 0.3 is 5.97 Å². The van der Waals surface area contributed by atoms with Crippen LogP contribution in [-0.4, -0.2) is 22.0 Å². The lowest BCUT2D eigenvalue weighted by Crippen LogP contribution is -2.04. The smallest absolute Gasteiger partial charge is 0.338 e. The maximum Gasteiger partial charge on any atom is 0.338 e. The lowest BCUT2D eigenvalue weighted by Gasteiger charge is -2.12. The number of imidazole rings is 1. The summed E-state index contributed by atoms with van der Waals surface area (Å²) in [6, 6.07) is 31.1. The van der Waals surface area contributed by atoms with Crippen molar-refractivity contribution in [1.29, 1.82) is 0 Å². The predicted molar refractivity (Wildman–Crippen MR) is 139 cm³/mol. The Hall–Kier alpha value is -4.44. The molecule has 7 aromatic rings. The van der Waals surface area contributed by atoms with Crippen molar-refractivity contribution < 1.29 is 9.53 Å². The number of hydrogen-bond acceptors (Lipinski definition) is 3. The molecule has 0 saturated carbocycles. The molecule has 0 aliphatic heterocycles. The summed E-state index contributed by atoms with van der Waals surface area (Å²) in [5, 5.41) is 7.84. The van der Waals surface area contributed by atoms with E-state index in [0.29, 0.717) is 12.2 Å². The molecule has 0 spiro atoms. The minimum atomic E-state index is -0.305. The molecule has 0 aliphatic rings. The minimum absolute atomic E-state index is 0.305. The van der Waals surface area contributed by atoms with E-state index < -0.39 is 0 Å². The summed E-state index contributed by atoms with van der Waals surface area (Å²) in [5.74, 6) is -0.305. The Morgan fingerprint density at radius 2 is 1.32 bits per heavy atom. The van der Waals surface area contributed by atoms with Crippen LogP contribution < -0.4 is 0 Å². The zero-order chi connectivity index (χ0) is 22.8. The minimum Gasteiger partial charge on any atom is -0.462 e. The van der Waals surface area contributed by atoms with Gasteiger partial charge in [-0.15, -0.1) is 0 Å². The van der Waals surface area contributed by atoms with Crippen molar-refractivity contribution in [3.05, 3.63) is 96.6 Å². The van der Waals surface area contributed by atoms with Gasteiger partial charge in [0.2, 0.25) is 0 Å². The Morgan fingerprint density at radius 1 is 0.735 bits per heavy atom. The third-order valence-corrected chi connectivity index (χ3v) is 6.74. The van der Waals surface area contributed by atoms with Gasteiger partial charge in [0.1, 0.15) is 5.65 Å². The number of ether oxygens (including phenoxy) is 1. The van der Waals surface area contributed by atoms with Gasteiger partial charge in [-0.1, -0.05) is 72.8 Å². The number of rotatable bonds is 2. The number of aromatic nitrogens is 2. The Bertz CT molecular complexity index is 1950. The van der Waals surface area contributed by atoms with Gasteiger partial charge in [0.05, 0.1) is 28.7 Å². The number of nitrogens with zero attached hydrogens (tertiary/aromatic N) is 2. The van der Waals surface area contributed by atoms with Gasteiger partial charge in [0.15, 0.2) is 0 Å². The van der Waals surface area contributed by atoms with E-state index in [-0.39, 0.29) is 5.97 Å². The molecule has 34 heavy (non-hydrogen) atoms. The normalized spacial score (nSPS) is 11.9. The standard InChI is InChI=1S/C30H20N2O2/c1-2-34-30(33)18-15-16-26-25(17-18)21-11-5-8-14-24(21)29-31-27-22-12-6-3-9-19(22)20-10-4-7-13-23(20)28(27)32(26)29/h3-17H,2H2,1H3. The molecular weight excluding hydrogens is 420 g/mol. The topological polar surface area (TPSA) is 43.6 Å². The first-order chi connectivity index (χ1) is 16.8. The van der Waals surface area contributed by atoms with Crippen molar-refractivity contribution in [3.8, 4) is 0 Å². The molecule has 4 heteroatoms. The van der Waals surface area contributed by atoms with Gasteiger partial charge in [-0.05, 0) is 41.3 Å². The van der Waals surface area contributed by atoms with Gasteiger partial charge < -0.3 is 4.74 Å². The molecule has 4 nitrogen and oxygen atoms in total. The fraction of sp³-hybridized carbons (Fsp3) is 0.0667. The lowest BCUT2D eigenvalue weighted by atomic mass is 9.99. The molecule has 0 fully saturated rings. The Labute approximate surface area is 195 Å². The highest BCUT2D eigenvalue weighted by Crippen LogP contribution is 2.39. The molecule has 0 atom stereocenters. The van der Waals surface area contributed by atoms with Crippen molar-refractivity contribution in [2.75, 3.05) is 6.61 Å². The molecule has 2 heterocycles. The van der Waals surface area contributed by atoms with Crippen LogP contribution in [-0.2, 0) is 4.74 Å². The van der Waals surface area contributed by atoms with Crippen LogP contribution in [0.4, 0.5) is 0 Å². The maximum atomic E-state index is 12.5. The summed E-state index contributed by atoms with van der Waals surface area (Å²) in [6.07, 6.45) is 0. The van der Waals surface area contributed by atoms with Crippen LogP contribution in [0.5, 0.6) is 0 Å². The first kappa shape index (κ1) is 19.1. The molecule has 162 valence electrons. The quantitative estimate of drug-likeness (QED) is 0.210. The summed E-state index contributed by atoms with van der Waals surface area (Å²) in [7, 11) is 0. The van der Waals surface area contributed by atoms with Gasteiger partial charge in [-0.3, -0.25) is 4.40 Å². The van der Waals surface area contributed by atoms with Crippen LogP contribution in [0.25, 0.3) is 59.9 Å². The van der Waals surface area contributed by atoms with Crippen LogP contribution in [0, 0.1) is 0 Å². The number of esters is 1. The van der Waals surface area contributed by atoms with Gasteiger partial charge in [0, 0.05) is 21.5 Å².